The zero-order valence-electron chi connectivity index (χ0n) is 17.9. The SMILES string of the molecule is COc1cc(/C=C2\SC(=Nc3ccc(Cl)cc3)NC2=O)ccc1OCc1ccc(C(=O)O)cc1. The molecule has 172 valence electrons. The lowest BCUT2D eigenvalue weighted by Crippen LogP contribution is -2.19. The molecule has 1 saturated heterocycles. The maximum absolute atomic E-state index is 12.4. The molecule has 1 heterocycles. The largest absolute Gasteiger partial charge is 0.493 e. The number of amidine groups is 1. The van der Waals surface area contributed by atoms with Gasteiger partial charge >= 0.3 is 5.97 Å². The molecular formula is C25H19ClN2O5S. The average molecular weight is 495 g/mol. The summed E-state index contributed by atoms with van der Waals surface area (Å²) in [5, 5.41) is 12.9. The van der Waals surface area contributed by atoms with E-state index in [1.165, 1.54) is 31.0 Å². The molecule has 3 aromatic rings. The number of carbonyl (C=O) groups excluding carboxylic acids is 1. The summed E-state index contributed by atoms with van der Waals surface area (Å²) in [5.74, 6) is -0.173. The molecule has 0 aliphatic carbocycles. The van der Waals surface area contributed by atoms with Crippen molar-refractivity contribution in [1.82, 2.24) is 5.32 Å². The van der Waals surface area contributed by atoms with Gasteiger partial charge in [-0.05, 0) is 77.5 Å². The van der Waals surface area contributed by atoms with Crippen LogP contribution in [0.5, 0.6) is 11.5 Å². The number of aliphatic imine (C=N–C) groups is 1. The Morgan fingerprint density at radius 1 is 1.09 bits per heavy atom. The van der Waals surface area contributed by atoms with Crippen LogP contribution >= 0.6 is 23.4 Å². The predicted octanol–water partition coefficient (Wildman–Crippen LogP) is 5.52. The minimum Gasteiger partial charge on any atom is -0.493 e. The standard InChI is InChI=1S/C25H19ClN2O5S/c1-32-21-12-16(4-11-20(21)33-14-15-2-5-17(6-3-15)24(30)31)13-22-23(29)28-25(34-22)27-19-9-7-18(26)8-10-19/h2-13H,14H2,1H3,(H,30,31)(H,27,28,29)/b22-13-. The van der Waals surface area contributed by atoms with E-state index in [-0.39, 0.29) is 18.1 Å². The van der Waals surface area contributed by atoms with E-state index in [1.54, 1.807) is 54.6 Å². The molecule has 1 fully saturated rings. The Morgan fingerprint density at radius 3 is 2.50 bits per heavy atom. The number of amides is 1. The van der Waals surface area contributed by atoms with Gasteiger partial charge < -0.3 is 19.9 Å². The number of methoxy groups -OCH3 is 1. The van der Waals surface area contributed by atoms with Crippen molar-refractivity contribution in [2.24, 2.45) is 4.99 Å². The second-order valence-corrected chi connectivity index (χ2v) is 8.63. The molecule has 3 aromatic carbocycles. The molecule has 34 heavy (non-hydrogen) atoms. The van der Waals surface area contributed by atoms with E-state index in [1.807, 2.05) is 6.07 Å². The first kappa shape index (κ1) is 23.4. The number of rotatable bonds is 7. The monoisotopic (exact) mass is 494 g/mol. The Bertz CT molecular complexity index is 1290. The zero-order valence-corrected chi connectivity index (χ0v) is 19.5. The Kier molecular flexibility index (Phi) is 7.20. The number of aromatic carboxylic acids is 1. The number of ether oxygens (including phenoxy) is 2. The maximum Gasteiger partial charge on any atom is 0.335 e. The van der Waals surface area contributed by atoms with Crippen LogP contribution in [0.3, 0.4) is 0 Å². The number of thioether (sulfide) groups is 1. The summed E-state index contributed by atoms with van der Waals surface area (Å²) in [6.07, 6.45) is 1.75. The minimum atomic E-state index is -0.976. The van der Waals surface area contributed by atoms with Gasteiger partial charge in [0, 0.05) is 5.02 Å². The second-order valence-electron chi connectivity index (χ2n) is 7.16. The van der Waals surface area contributed by atoms with Crippen LogP contribution in [0, 0.1) is 0 Å². The van der Waals surface area contributed by atoms with Gasteiger partial charge in [-0.1, -0.05) is 29.8 Å². The Balaban J connectivity index is 1.46. The summed E-state index contributed by atoms with van der Waals surface area (Å²) in [7, 11) is 1.54. The van der Waals surface area contributed by atoms with E-state index >= 15 is 0 Å². The van der Waals surface area contributed by atoms with Crippen molar-refractivity contribution < 1.29 is 24.2 Å². The topological polar surface area (TPSA) is 97.2 Å². The van der Waals surface area contributed by atoms with Crippen molar-refractivity contribution in [3.63, 3.8) is 0 Å². The Hall–Kier alpha value is -3.75. The molecule has 1 aliphatic rings. The molecular weight excluding hydrogens is 476 g/mol. The third-order valence-electron chi connectivity index (χ3n) is 4.79. The molecule has 0 radical (unpaired) electrons. The quantitative estimate of drug-likeness (QED) is 0.420. The predicted molar refractivity (Wildman–Crippen MR) is 133 cm³/mol. The fourth-order valence-electron chi connectivity index (χ4n) is 3.06. The smallest absolute Gasteiger partial charge is 0.335 e. The lowest BCUT2D eigenvalue weighted by molar-refractivity contribution is -0.115. The summed E-state index contributed by atoms with van der Waals surface area (Å²) < 4.78 is 11.3. The highest BCUT2D eigenvalue weighted by atomic mass is 35.5. The number of benzene rings is 3. The first-order valence-corrected chi connectivity index (χ1v) is 11.3. The van der Waals surface area contributed by atoms with Crippen molar-refractivity contribution in [3.8, 4) is 11.5 Å². The van der Waals surface area contributed by atoms with Gasteiger partial charge in [0.2, 0.25) is 0 Å². The number of carboxylic acids is 1. The van der Waals surface area contributed by atoms with E-state index in [0.717, 1.165) is 11.1 Å². The molecule has 4 rings (SSSR count). The van der Waals surface area contributed by atoms with Gasteiger partial charge in [-0.15, -0.1) is 0 Å². The number of nitrogens with one attached hydrogen (secondary N) is 1. The van der Waals surface area contributed by atoms with Crippen LogP contribution in [-0.4, -0.2) is 29.3 Å². The normalized spacial score (nSPS) is 15.4. The van der Waals surface area contributed by atoms with Gasteiger partial charge in [0.1, 0.15) is 6.61 Å². The molecule has 0 saturated carbocycles. The minimum absolute atomic E-state index is 0.217. The molecule has 1 amide bonds. The van der Waals surface area contributed by atoms with Crippen LogP contribution < -0.4 is 14.8 Å². The summed E-state index contributed by atoms with van der Waals surface area (Å²) in [6.45, 7) is 0.249. The second kappa shape index (κ2) is 10.5. The van der Waals surface area contributed by atoms with E-state index in [0.29, 0.717) is 32.3 Å². The molecule has 7 nitrogen and oxygen atoms in total. The average Bonchev–Trinajstić information content (AvgIpc) is 3.18. The molecule has 2 N–H and O–H groups in total. The molecule has 0 bridgehead atoms. The van der Waals surface area contributed by atoms with Crippen molar-refractivity contribution in [2.75, 3.05) is 7.11 Å². The highest BCUT2D eigenvalue weighted by Gasteiger charge is 2.24. The number of hydrogen-bond donors (Lipinski definition) is 2. The summed E-state index contributed by atoms with van der Waals surface area (Å²) in [6, 6.07) is 18.8. The summed E-state index contributed by atoms with van der Waals surface area (Å²) in [5.41, 5.74) is 2.49. The molecule has 0 unspecified atom stereocenters. The van der Waals surface area contributed by atoms with Crippen molar-refractivity contribution in [2.45, 2.75) is 6.61 Å². The van der Waals surface area contributed by atoms with E-state index in [4.69, 9.17) is 26.2 Å². The number of halogens is 1. The van der Waals surface area contributed by atoms with Gasteiger partial charge in [0.25, 0.3) is 5.91 Å². The number of nitrogens with zero attached hydrogens (tertiary/aromatic N) is 1. The van der Waals surface area contributed by atoms with Crippen LogP contribution in [0.4, 0.5) is 5.69 Å². The van der Waals surface area contributed by atoms with Crippen molar-refractivity contribution >= 4 is 52.2 Å². The van der Waals surface area contributed by atoms with E-state index in [9.17, 15) is 9.59 Å². The van der Waals surface area contributed by atoms with Crippen LogP contribution in [0.25, 0.3) is 6.08 Å². The van der Waals surface area contributed by atoms with E-state index in [2.05, 4.69) is 10.3 Å². The lowest BCUT2D eigenvalue weighted by atomic mass is 10.1. The summed E-state index contributed by atoms with van der Waals surface area (Å²) in [4.78, 5) is 28.3. The zero-order chi connectivity index (χ0) is 24.1. The highest BCUT2D eigenvalue weighted by Crippen LogP contribution is 2.32. The van der Waals surface area contributed by atoms with Gasteiger partial charge in [-0.2, -0.15) is 0 Å². The molecule has 0 aromatic heterocycles. The van der Waals surface area contributed by atoms with Gasteiger partial charge in [0.15, 0.2) is 16.7 Å². The number of hydrogen-bond acceptors (Lipinski definition) is 6. The van der Waals surface area contributed by atoms with Crippen LogP contribution in [0.1, 0.15) is 21.5 Å². The lowest BCUT2D eigenvalue weighted by Gasteiger charge is -2.11. The number of carbonyl (C=O) groups is 2. The van der Waals surface area contributed by atoms with Crippen LogP contribution in [0.2, 0.25) is 5.02 Å². The van der Waals surface area contributed by atoms with Crippen molar-refractivity contribution in [3.05, 3.63) is 93.3 Å². The maximum atomic E-state index is 12.4. The third-order valence-corrected chi connectivity index (χ3v) is 5.95. The fraction of sp³-hybridized carbons (Fsp3) is 0.0800. The van der Waals surface area contributed by atoms with E-state index < -0.39 is 5.97 Å². The molecule has 1 aliphatic heterocycles. The number of carboxylic acid groups (broad SMARTS) is 1. The third kappa shape index (κ3) is 5.78. The van der Waals surface area contributed by atoms with Gasteiger partial charge in [0.05, 0.1) is 23.3 Å². The fourth-order valence-corrected chi connectivity index (χ4v) is 4.03. The highest BCUT2D eigenvalue weighted by molar-refractivity contribution is 8.18. The van der Waals surface area contributed by atoms with Crippen LogP contribution in [-0.2, 0) is 11.4 Å². The first-order chi connectivity index (χ1) is 16.4. The summed E-state index contributed by atoms with van der Waals surface area (Å²) >= 11 is 7.14. The first-order valence-electron chi connectivity index (χ1n) is 10.1. The van der Waals surface area contributed by atoms with Gasteiger partial charge in [-0.25, -0.2) is 9.79 Å². The molecule has 0 atom stereocenters. The van der Waals surface area contributed by atoms with Crippen molar-refractivity contribution in [1.29, 1.82) is 0 Å². The molecule has 0 spiro atoms. The van der Waals surface area contributed by atoms with Crippen LogP contribution in [0.15, 0.2) is 76.6 Å². The van der Waals surface area contributed by atoms with Gasteiger partial charge in [-0.3, -0.25) is 4.79 Å². The Labute approximate surface area is 205 Å². The Morgan fingerprint density at radius 2 is 1.82 bits per heavy atom. The molecule has 9 heteroatoms.